The number of carbonyl (C=O) groups is 1. The van der Waals surface area contributed by atoms with Gasteiger partial charge in [0.2, 0.25) is 0 Å². The summed E-state index contributed by atoms with van der Waals surface area (Å²) in [5.41, 5.74) is 1.38. The van der Waals surface area contributed by atoms with Crippen LogP contribution in [0.25, 0.3) is 0 Å². The van der Waals surface area contributed by atoms with Crippen molar-refractivity contribution in [2.24, 2.45) is 5.10 Å². The largest absolute Gasteiger partial charge is 0.455 e. The Kier molecular flexibility index (Phi) is 7.08. The van der Waals surface area contributed by atoms with Gasteiger partial charge < -0.3 is 14.2 Å². The van der Waals surface area contributed by atoms with Crippen LogP contribution in [0, 0.1) is 0 Å². The number of hydrazone groups is 1. The van der Waals surface area contributed by atoms with Gasteiger partial charge >= 0.3 is 5.97 Å². The van der Waals surface area contributed by atoms with Gasteiger partial charge in [0.05, 0.1) is 24.9 Å². The molecule has 6 heteroatoms. The maximum Gasteiger partial charge on any atom is 0.355 e. The van der Waals surface area contributed by atoms with Crippen molar-refractivity contribution in [1.29, 1.82) is 0 Å². The average Bonchev–Trinajstić information content (AvgIpc) is 3.32. The Morgan fingerprint density at radius 3 is 2.68 bits per heavy atom. The second-order valence-electron chi connectivity index (χ2n) is 7.58. The van der Waals surface area contributed by atoms with Gasteiger partial charge in [-0.3, -0.25) is 5.01 Å². The Hall–Kier alpha value is -1.92. The fourth-order valence-electron chi connectivity index (χ4n) is 4.32. The SMILES string of the molecule is CCC(CC)(OC)[C@@H]1CCCN1/N=C1\C[C@@H](COCc2ccccc2)OC1=O. The van der Waals surface area contributed by atoms with Gasteiger partial charge in [-0.2, -0.15) is 5.10 Å². The molecule has 2 atom stereocenters. The summed E-state index contributed by atoms with van der Waals surface area (Å²) in [6.45, 7) is 6.05. The molecule has 2 aliphatic rings. The van der Waals surface area contributed by atoms with Crippen molar-refractivity contribution in [2.75, 3.05) is 20.3 Å². The molecule has 2 aliphatic heterocycles. The van der Waals surface area contributed by atoms with E-state index in [2.05, 4.69) is 18.9 Å². The first kappa shape index (κ1) is 20.8. The molecule has 2 fully saturated rings. The molecule has 0 bridgehead atoms. The minimum atomic E-state index is -0.324. The van der Waals surface area contributed by atoms with Crippen LogP contribution in [-0.4, -0.2) is 54.7 Å². The van der Waals surface area contributed by atoms with Crippen molar-refractivity contribution in [3.8, 4) is 0 Å². The zero-order valence-corrected chi connectivity index (χ0v) is 17.2. The lowest BCUT2D eigenvalue weighted by Gasteiger charge is -2.40. The van der Waals surface area contributed by atoms with Crippen molar-refractivity contribution < 1.29 is 19.0 Å². The topological polar surface area (TPSA) is 60.4 Å². The Bertz CT molecular complexity index is 664. The van der Waals surface area contributed by atoms with E-state index in [0.717, 1.165) is 37.8 Å². The lowest BCUT2D eigenvalue weighted by atomic mass is 9.87. The Balaban J connectivity index is 1.58. The summed E-state index contributed by atoms with van der Waals surface area (Å²) in [5, 5.41) is 6.76. The first-order valence-corrected chi connectivity index (χ1v) is 10.3. The van der Waals surface area contributed by atoms with E-state index in [1.807, 2.05) is 30.3 Å². The number of benzene rings is 1. The number of hydrogen-bond acceptors (Lipinski definition) is 6. The molecule has 1 aromatic carbocycles. The van der Waals surface area contributed by atoms with Crippen molar-refractivity contribution >= 4 is 11.7 Å². The molecule has 154 valence electrons. The fraction of sp³-hybridized carbons (Fsp3) is 0.636. The van der Waals surface area contributed by atoms with E-state index in [4.69, 9.17) is 19.3 Å². The quantitative estimate of drug-likeness (QED) is 0.606. The first-order valence-electron chi connectivity index (χ1n) is 10.3. The molecule has 28 heavy (non-hydrogen) atoms. The molecule has 0 N–H and O–H groups in total. The third-order valence-corrected chi connectivity index (χ3v) is 6.03. The number of hydrogen-bond donors (Lipinski definition) is 0. The summed E-state index contributed by atoms with van der Waals surface area (Å²) in [4.78, 5) is 12.3. The molecule has 2 heterocycles. The van der Waals surface area contributed by atoms with Gasteiger partial charge in [0.1, 0.15) is 11.8 Å². The lowest BCUT2D eigenvalue weighted by molar-refractivity contribution is -0.139. The van der Waals surface area contributed by atoms with Crippen LogP contribution in [0.2, 0.25) is 0 Å². The molecule has 0 aliphatic carbocycles. The highest BCUT2D eigenvalue weighted by Crippen LogP contribution is 2.35. The lowest BCUT2D eigenvalue weighted by Crippen LogP contribution is -2.49. The normalized spacial score (nSPS) is 24.2. The predicted molar refractivity (Wildman–Crippen MR) is 108 cm³/mol. The monoisotopic (exact) mass is 388 g/mol. The number of carbonyl (C=O) groups excluding carboxylic acids is 1. The number of esters is 1. The van der Waals surface area contributed by atoms with Crippen molar-refractivity contribution in [3.63, 3.8) is 0 Å². The maximum atomic E-state index is 12.3. The van der Waals surface area contributed by atoms with E-state index in [0.29, 0.717) is 25.3 Å². The molecule has 2 saturated heterocycles. The van der Waals surface area contributed by atoms with Crippen LogP contribution in [0.5, 0.6) is 0 Å². The molecule has 0 saturated carbocycles. The van der Waals surface area contributed by atoms with E-state index in [1.165, 1.54) is 0 Å². The molecule has 0 unspecified atom stereocenters. The highest BCUT2D eigenvalue weighted by Gasteiger charge is 2.43. The molecule has 6 nitrogen and oxygen atoms in total. The van der Waals surface area contributed by atoms with Gasteiger partial charge in [-0.15, -0.1) is 0 Å². The highest BCUT2D eigenvalue weighted by atomic mass is 16.6. The summed E-state index contributed by atoms with van der Waals surface area (Å²) in [6, 6.07) is 10.2. The molecular weight excluding hydrogens is 356 g/mol. The van der Waals surface area contributed by atoms with Gasteiger partial charge in [0, 0.05) is 20.1 Å². The van der Waals surface area contributed by atoms with Crippen molar-refractivity contribution in [3.05, 3.63) is 35.9 Å². The summed E-state index contributed by atoms with van der Waals surface area (Å²) in [6.07, 6.45) is 4.17. The fourth-order valence-corrected chi connectivity index (χ4v) is 4.32. The van der Waals surface area contributed by atoms with Crippen molar-refractivity contribution in [2.45, 2.75) is 70.3 Å². The smallest absolute Gasteiger partial charge is 0.355 e. The predicted octanol–water partition coefficient (Wildman–Crippen LogP) is 3.54. The Morgan fingerprint density at radius 2 is 2.00 bits per heavy atom. The zero-order chi connectivity index (χ0) is 20.0. The Labute approximate surface area is 167 Å². The number of methoxy groups -OCH3 is 1. The van der Waals surface area contributed by atoms with E-state index in [-0.39, 0.29) is 23.7 Å². The van der Waals surface area contributed by atoms with Crippen LogP contribution >= 0.6 is 0 Å². The number of rotatable bonds is 9. The number of cyclic esters (lactones) is 1. The van der Waals surface area contributed by atoms with Gasteiger partial charge in [-0.1, -0.05) is 44.2 Å². The van der Waals surface area contributed by atoms with E-state index in [1.54, 1.807) is 7.11 Å². The average molecular weight is 389 g/mol. The molecule has 0 amide bonds. The van der Waals surface area contributed by atoms with Crippen LogP contribution in [0.3, 0.4) is 0 Å². The molecule has 1 aromatic rings. The standard InChI is InChI=1S/C22H32N2O4/c1-4-22(5-2,26-3)20-12-9-13-24(20)23-19-14-18(28-21(19)25)16-27-15-17-10-7-6-8-11-17/h6-8,10-11,18,20H,4-5,9,12-16H2,1-3H3/b23-19+/t18-,20-/m0/s1. The molecule has 0 aromatic heterocycles. The van der Waals surface area contributed by atoms with E-state index < -0.39 is 0 Å². The maximum absolute atomic E-state index is 12.3. The van der Waals surface area contributed by atoms with Crippen LogP contribution in [-0.2, 0) is 25.6 Å². The van der Waals surface area contributed by atoms with Gasteiger partial charge in [-0.05, 0) is 31.2 Å². The van der Waals surface area contributed by atoms with Crippen LogP contribution in [0.15, 0.2) is 35.4 Å². The third-order valence-electron chi connectivity index (χ3n) is 6.03. The zero-order valence-electron chi connectivity index (χ0n) is 17.2. The molecule has 0 radical (unpaired) electrons. The van der Waals surface area contributed by atoms with Crippen LogP contribution in [0.4, 0.5) is 0 Å². The van der Waals surface area contributed by atoms with Crippen molar-refractivity contribution in [1.82, 2.24) is 5.01 Å². The molecule has 0 spiro atoms. The minimum absolute atomic E-state index is 0.196. The summed E-state index contributed by atoms with van der Waals surface area (Å²) >= 11 is 0. The van der Waals surface area contributed by atoms with Crippen LogP contribution in [0.1, 0.15) is 51.5 Å². The third kappa shape index (κ3) is 4.55. The number of ether oxygens (including phenoxy) is 3. The van der Waals surface area contributed by atoms with E-state index in [9.17, 15) is 4.79 Å². The first-order chi connectivity index (χ1) is 13.6. The summed E-state index contributed by atoms with van der Waals surface area (Å²) < 4.78 is 17.1. The second kappa shape index (κ2) is 9.52. The molecule has 3 rings (SSSR count). The second-order valence-corrected chi connectivity index (χ2v) is 7.58. The molecular formula is C22H32N2O4. The summed E-state index contributed by atoms with van der Waals surface area (Å²) in [7, 11) is 1.78. The van der Waals surface area contributed by atoms with Gasteiger partial charge in [-0.25, -0.2) is 4.79 Å². The minimum Gasteiger partial charge on any atom is -0.455 e. The Morgan fingerprint density at radius 1 is 1.25 bits per heavy atom. The van der Waals surface area contributed by atoms with E-state index >= 15 is 0 Å². The van der Waals surface area contributed by atoms with Crippen LogP contribution < -0.4 is 0 Å². The summed E-state index contributed by atoms with van der Waals surface area (Å²) in [5.74, 6) is -0.324. The number of nitrogens with zero attached hydrogens (tertiary/aromatic N) is 2. The van der Waals surface area contributed by atoms with Gasteiger partial charge in [0.25, 0.3) is 0 Å². The van der Waals surface area contributed by atoms with Gasteiger partial charge in [0.15, 0.2) is 0 Å². The highest BCUT2D eigenvalue weighted by molar-refractivity contribution is 6.38.